The van der Waals surface area contributed by atoms with Gasteiger partial charge in [-0.15, -0.1) is 10.2 Å². The number of rotatable bonds is 8. The number of tetrazole rings is 1. The van der Waals surface area contributed by atoms with E-state index in [0.29, 0.717) is 21.8 Å². The van der Waals surface area contributed by atoms with E-state index in [0.717, 1.165) is 35.7 Å². The molecule has 0 spiro atoms. The molecule has 29 heavy (non-hydrogen) atoms. The molecule has 0 saturated heterocycles. The van der Waals surface area contributed by atoms with E-state index in [1.807, 2.05) is 36.4 Å². The summed E-state index contributed by atoms with van der Waals surface area (Å²) in [5, 5.41) is 20.5. The first kappa shape index (κ1) is 19.4. The third-order valence-electron chi connectivity index (χ3n) is 4.19. The van der Waals surface area contributed by atoms with Gasteiger partial charge in [-0.1, -0.05) is 41.6 Å². The van der Waals surface area contributed by atoms with Gasteiger partial charge in [0.1, 0.15) is 5.75 Å². The van der Waals surface area contributed by atoms with Crippen LogP contribution in [0.5, 0.6) is 5.75 Å². The highest BCUT2D eigenvalue weighted by molar-refractivity contribution is 7.99. The molecule has 8 nitrogen and oxygen atoms in total. The topological polar surface area (TPSA) is 94.4 Å². The van der Waals surface area contributed by atoms with Crippen molar-refractivity contribution in [3.8, 4) is 22.8 Å². The number of para-hydroxylation sites is 1. The van der Waals surface area contributed by atoms with Crippen LogP contribution in [0.1, 0.15) is 12.2 Å². The lowest BCUT2D eigenvalue weighted by molar-refractivity contribution is 0.416. The molecule has 0 atom stereocenters. The second kappa shape index (κ2) is 9.06. The highest BCUT2D eigenvalue weighted by Crippen LogP contribution is 2.31. The van der Waals surface area contributed by atoms with Crippen LogP contribution >= 0.6 is 23.4 Å². The van der Waals surface area contributed by atoms with Crippen molar-refractivity contribution in [2.45, 2.75) is 18.0 Å². The summed E-state index contributed by atoms with van der Waals surface area (Å²) < 4.78 is 7.14. The molecule has 0 amide bonds. The predicted molar refractivity (Wildman–Crippen MR) is 112 cm³/mol. The molecule has 1 N–H and O–H groups in total. The van der Waals surface area contributed by atoms with Gasteiger partial charge in [0.15, 0.2) is 11.6 Å². The maximum Gasteiger partial charge on any atom is 0.208 e. The molecule has 0 bridgehead atoms. The zero-order valence-corrected chi connectivity index (χ0v) is 17.2. The number of aromatic nitrogens is 7. The standard InChI is InChI=1S/C19H18ClN7OS/c1-28-16-10-9-13(20)12-15(16)18-21-19(24-23-18)29-11-5-8-17-22-25-26-27(17)14-6-3-2-4-7-14/h2-4,6-7,9-10,12H,5,8,11H2,1H3,(H,21,23,24). The number of halogens is 1. The summed E-state index contributed by atoms with van der Waals surface area (Å²) in [6, 6.07) is 15.2. The van der Waals surface area contributed by atoms with Gasteiger partial charge in [-0.3, -0.25) is 5.10 Å². The first-order valence-electron chi connectivity index (χ1n) is 8.96. The van der Waals surface area contributed by atoms with Crippen molar-refractivity contribution in [1.82, 2.24) is 35.4 Å². The van der Waals surface area contributed by atoms with Gasteiger partial charge in [-0.05, 0) is 47.2 Å². The van der Waals surface area contributed by atoms with E-state index >= 15 is 0 Å². The van der Waals surface area contributed by atoms with Crippen LogP contribution < -0.4 is 4.74 Å². The van der Waals surface area contributed by atoms with Crippen LogP contribution in [0.3, 0.4) is 0 Å². The molecule has 0 aliphatic rings. The number of thioether (sulfide) groups is 1. The van der Waals surface area contributed by atoms with E-state index in [9.17, 15) is 0 Å². The van der Waals surface area contributed by atoms with Crippen molar-refractivity contribution in [2.24, 2.45) is 0 Å². The first-order chi connectivity index (χ1) is 14.2. The van der Waals surface area contributed by atoms with E-state index in [2.05, 4.69) is 30.7 Å². The molecule has 2 heterocycles. The number of hydrogen-bond donors (Lipinski definition) is 1. The van der Waals surface area contributed by atoms with Gasteiger partial charge in [-0.2, -0.15) is 4.68 Å². The number of methoxy groups -OCH3 is 1. The Morgan fingerprint density at radius 1 is 1.17 bits per heavy atom. The van der Waals surface area contributed by atoms with Gasteiger partial charge in [-0.25, -0.2) is 4.98 Å². The second-order valence-electron chi connectivity index (χ2n) is 6.11. The summed E-state index contributed by atoms with van der Waals surface area (Å²) in [5.74, 6) is 2.98. The lowest BCUT2D eigenvalue weighted by Gasteiger charge is -2.05. The molecule has 10 heteroatoms. The molecule has 0 saturated carbocycles. The molecule has 148 valence electrons. The minimum atomic E-state index is 0.613. The summed E-state index contributed by atoms with van der Waals surface area (Å²) in [7, 11) is 1.61. The van der Waals surface area contributed by atoms with Crippen molar-refractivity contribution in [1.29, 1.82) is 0 Å². The number of nitrogens with zero attached hydrogens (tertiary/aromatic N) is 6. The van der Waals surface area contributed by atoms with Gasteiger partial charge < -0.3 is 4.74 Å². The van der Waals surface area contributed by atoms with E-state index in [1.165, 1.54) is 0 Å². The Kier molecular flexibility index (Phi) is 6.06. The Labute approximate surface area is 176 Å². The van der Waals surface area contributed by atoms with Gasteiger partial charge in [0.25, 0.3) is 0 Å². The van der Waals surface area contributed by atoms with Crippen LogP contribution in [0, 0.1) is 0 Å². The molecule has 4 rings (SSSR count). The average Bonchev–Trinajstić information content (AvgIpc) is 3.41. The minimum Gasteiger partial charge on any atom is -0.496 e. The molecular weight excluding hydrogens is 410 g/mol. The lowest BCUT2D eigenvalue weighted by Crippen LogP contribution is -2.03. The summed E-state index contributed by atoms with van der Waals surface area (Å²) in [5.41, 5.74) is 1.73. The summed E-state index contributed by atoms with van der Waals surface area (Å²) in [6.45, 7) is 0. The predicted octanol–water partition coefficient (Wildman–Crippen LogP) is 3.83. The van der Waals surface area contributed by atoms with Crippen molar-refractivity contribution in [3.05, 3.63) is 59.4 Å². The number of H-pyrrole nitrogens is 1. The Morgan fingerprint density at radius 3 is 2.86 bits per heavy atom. The fraction of sp³-hybridized carbons (Fsp3) is 0.211. The van der Waals surface area contributed by atoms with Crippen LogP contribution in [0.25, 0.3) is 17.1 Å². The van der Waals surface area contributed by atoms with Crippen molar-refractivity contribution >= 4 is 23.4 Å². The Morgan fingerprint density at radius 2 is 2.03 bits per heavy atom. The normalized spacial score (nSPS) is 11.0. The molecule has 0 unspecified atom stereocenters. The highest BCUT2D eigenvalue weighted by atomic mass is 35.5. The molecule has 0 radical (unpaired) electrons. The Bertz CT molecular complexity index is 1080. The quantitative estimate of drug-likeness (QED) is 0.337. The van der Waals surface area contributed by atoms with E-state index in [4.69, 9.17) is 16.3 Å². The van der Waals surface area contributed by atoms with Crippen molar-refractivity contribution in [2.75, 3.05) is 12.9 Å². The maximum atomic E-state index is 6.10. The van der Waals surface area contributed by atoms with Crippen LogP contribution in [0.15, 0.2) is 53.7 Å². The monoisotopic (exact) mass is 427 g/mol. The molecule has 2 aromatic heterocycles. The van der Waals surface area contributed by atoms with E-state index in [1.54, 1.807) is 35.7 Å². The summed E-state index contributed by atoms with van der Waals surface area (Å²) >= 11 is 7.67. The van der Waals surface area contributed by atoms with Crippen LogP contribution in [-0.2, 0) is 6.42 Å². The van der Waals surface area contributed by atoms with E-state index < -0.39 is 0 Å². The van der Waals surface area contributed by atoms with Gasteiger partial charge in [0.05, 0.1) is 18.4 Å². The third kappa shape index (κ3) is 4.57. The van der Waals surface area contributed by atoms with Gasteiger partial charge in [0.2, 0.25) is 5.16 Å². The number of benzene rings is 2. The van der Waals surface area contributed by atoms with Gasteiger partial charge in [0, 0.05) is 17.2 Å². The number of aryl methyl sites for hydroxylation is 1. The number of nitrogens with one attached hydrogen (secondary N) is 1. The second-order valence-corrected chi connectivity index (χ2v) is 7.60. The maximum absolute atomic E-state index is 6.10. The van der Waals surface area contributed by atoms with E-state index in [-0.39, 0.29) is 0 Å². The largest absolute Gasteiger partial charge is 0.496 e. The van der Waals surface area contributed by atoms with Crippen molar-refractivity contribution < 1.29 is 4.74 Å². The number of hydrogen-bond acceptors (Lipinski definition) is 7. The zero-order chi connectivity index (χ0) is 20.1. The lowest BCUT2D eigenvalue weighted by atomic mass is 10.2. The highest BCUT2D eigenvalue weighted by Gasteiger charge is 2.13. The SMILES string of the molecule is COc1ccc(Cl)cc1-c1nc(SCCCc2nnnn2-c2ccccc2)n[nH]1. The van der Waals surface area contributed by atoms with Crippen molar-refractivity contribution in [3.63, 3.8) is 0 Å². The number of ether oxygens (including phenoxy) is 1. The fourth-order valence-corrected chi connectivity index (χ4v) is 3.73. The minimum absolute atomic E-state index is 0.613. The zero-order valence-electron chi connectivity index (χ0n) is 15.6. The van der Waals surface area contributed by atoms with Crippen LogP contribution in [0.4, 0.5) is 0 Å². The molecular formula is C19H18ClN7OS. The van der Waals surface area contributed by atoms with Crippen LogP contribution in [-0.4, -0.2) is 48.3 Å². The molecule has 0 aliphatic carbocycles. The average molecular weight is 428 g/mol. The molecule has 4 aromatic rings. The number of aromatic amines is 1. The Balaban J connectivity index is 1.35. The summed E-state index contributed by atoms with van der Waals surface area (Å²) in [6.07, 6.45) is 1.65. The first-order valence-corrected chi connectivity index (χ1v) is 10.3. The molecule has 0 fully saturated rings. The van der Waals surface area contributed by atoms with Crippen LogP contribution in [0.2, 0.25) is 5.02 Å². The third-order valence-corrected chi connectivity index (χ3v) is 5.36. The Hall–Kier alpha value is -2.91. The van der Waals surface area contributed by atoms with Gasteiger partial charge >= 0.3 is 0 Å². The molecule has 2 aromatic carbocycles. The fourth-order valence-electron chi connectivity index (χ4n) is 2.82. The smallest absolute Gasteiger partial charge is 0.208 e. The molecule has 0 aliphatic heterocycles. The summed E-state index contributed by atoms with van der Waals surface area (Å²) in [4.78, 5) is 4.54.